The van der Waals surface area contributed by atoms with Crippen molar-refractivity contribution >= 4 is 40.8 Å². The highest BCUT2D eigenvalue weighted by Gasteiger charge is 2.33. The molecular formula is C23H26Cl2N2O3. The van der Waals surface area contributed by atoms with Crippen molar-refractivity contribution in [3.05, 3.63) is 69.7 Å². The van der Waals surface area contributed by atoms with Gasteiger partial charge in [-0.3, -0.25) is 14.4 Å². The van der Waals surface area contributed by atoms with E-state index in [2.05, 4.69) is 5.32 Å². The van der Waals surface area contributed by atoms with Crippen molar-refractivity contribution < 1.29 is 14.4 Å². The van der Waals surface area contributed by atoms with Gasteiger partial charge in [-0.2, -0.15) is 0 Å². The number of halogens is 2. The molecule has 0 heterocycles. The molecule has 2 rings (SSSR count). The first-order valence-corrected chi connectivity index (χ1v) is 10.6. The highest BCUT2D eigenvalue weighted by Crippen LogP contribution is 2.23. The maximum Gasteiger partial charge on any atom is 0.250 e. The molecule has 0 radical (unpaired) electrons. The van der Waals surface area contributed by atoms with Gasteiger partial charge in [-0.05, 0) is 36.6 Å². The Labute approximate surface area is 187 Å². The Bertz CT molecular complexity index is 887. The fourth-order valence-corrected chi connectivity index (χ4v) is 3.54. The molecule has 0 bridgehead atoms. The van der Waals surface area contributed by atoms with Crippen molar-refractivity contribution in [2.75, 3.05) is 6.54 Å². The standard InChI is InChI=1S/C23H26Cl2N2O3/c1-3-4-12-26-23(30)22(16(2)28)27(15-17-8-6-5-7-9-17)21(29)13-18-10-11-19(24)14-20(18)25/h5-11,14,22H,3-4,12-13,15H2,1-2H3,(H,26,30). The SMILES string of the molecule is CCCCNC(=O)C(C(C)=O)N(Cc1ccccc1)C(=O)Cc1ccc(Cl)cc1Cl. The molecule has 0 fully saturated rings. The summed E-state index contributed by atoms with van der Waals surface area (Å²) < 4.78 is 0. The molecule has 0 aliphatic carbocycles. The first kappa shape index (κ1) is 23.9. The lowest BCUT2D eigenvalue weighted by atomic mass is 10.1. The third kappa shape index (κ3) is 6.85. The van der Waals surface area contributed by atoms with E-state index in [0.29, 0.717) is 22.2 Å². The minimum atomic E-state index is -1.21. The zero-order valence-corrected chi connectivity index (χ0v) is 18.7. The van der Waals surface area contributed by atoms with Gasteiger partial charge in [-0.1, -0.05) is 72.9 Å². The lowest BCUT2D eigenvalue weighted by Gasteiger charge is -2.30. The molecule has 0 aliphatic rings. The second-order valence-electron chi connectivity index (χ2n) is 7.08. The van der Waals surface area contributed by atoms with Crippen LogP contribution in [0.4, 0.5) is 0 Å². The van der Waals surface area contributed by atoms with E-state index >= 15 is 0 Å². The number of ketones is 1. The van der Waals surface area contributed by atoms with E-state index in [4.69, 9.17) is 23.2 Å². The summed E-state index contributed by atoms with van der Waals surface area (Å²) in [5.74, 6) is -1.23. The minimum absolute atomic E-state index is 0.0468. The predicted molar refractivity (Wildman–Crippen MR) is 120 cm³/mol. The van der Waals surface area contributed by atoms with Crippen LogP contribution >= 0.6 is 23.2 Å². The van der Waals surface area contributed by atoms with E-state index in [1.165, 1.54) is 11.8 Å². The summed E-state index contributed by atoms with van der Waals surface area (Å²) >= 11 is 12.2. The summed E-state index contributed by atoms with van der Waals surface area (Å²) in [7, 11) is 0. The molecule has 0 aromatic heterocycles. The van der Waals surface area contributed by atoms with Crippen LogP contribution in [-0.2, 0) is 27.3 Å². The van der Waals surface area contributed by atoms with Gasteiger partial charge in [0.1, 0.15) is 0 Å². The molecule has 1 unspecified atom stereocenters. The second kappa shape index (κ2) is 11.7. The Morgan fingerprint density at radius 3 is 2.37 bits per heavy atom. The van der Waals surface area contributed by atoms with Gasteiger partial charge in [0.15, 0.2) is 11.8 Å². The number of hydrogen-bond acceptors (Lipinski definition) is 3. The molecule has 0 spiro atoms. The van der Waals surface area contributed by atoms with Crippen molar-refractivity contribution in [2.45, 2.75) is 45.7 Å². The number of carbonyl (C=O) groups excluding carboxylic acids is 3. The largest absolute Gasteiger partial charge is 0.354 e. The zero-order valence-electron chi connectivity index (χ0n) is 17.2. The van der Waals surface area contributed by atoms with Crippen LogP contribution in [-0.4, -0.2) is 35.1 Å². The fraction of sp³-hybridized carbons (Fsp3) is 0.348. The van der Waals surface area contributed by atoms with Crippen LogP contribution in [0.3, 0.4) is 0 Å². The van der Waals surface area contributed by atoms with E-state index in [1.807, 2.05) is 37.3 Å². The van der Waals surface area contributed by atoms with Crippen molar-refractivity contribution in [3.8, 4) is 0 Å². The highest BCUT2D eigenvalue weighted by molar-refractivity contribution is 6.35. The van der Waals surface area contributed by atoms with Crippen LogP contribution in [0.5, 0.6) is 0 Å². The number of amides is 2. The molecule has 0 aliphatic heterocycles. The third-order valence-electron chi connectivity index (χ3n) is 4.65. The topological polar surface area (TPSA) is 66.5 Å². The molecule has 2 aromatic rings. The van der Waals surface area contributed by atoms with E-state index in [0.717, 1.165) is 18.4 Å². The maximum atomic E-state index is 13.2. The molecule has 5 nitrogen and oxygen atoms in total. The van der Waals surface area contributed by atoms with Crippen LogP contribution in [0.1, 0.15) is 37.8 Å². The third-order valence-corrected chi connectivity index (χ3v) is 5.23. The summed E-state index contributed by atoms with van der Waals surface area (Å²) in [5, 5.41) is 3.60. The molecule has 30 heavy (non-hydrogen) atoms. The van der Waals surface area contributed by atoms with Crippen LogP contribution < -0.4 is 5.32 Å². The van der Waals surface area contributed by atoms with E-state index in [9.17, 15) is 14.4 Å². The van der Waals surface area contributed by atoms with Crippen LogP contribution in [0.15, 0.2) is 48.5 Å². The average molecular weight is 449 g/mol. The molecule has 2 amide bonds. The van der Waals surface area contributed by atoms with Crippen molar-refractivity contribution in [2.24, 2.45) is 0 Å². The normalized spacial score (nSPS) is 11.6. The van der Waals surface area contributed by atoms with Gasteiger partial charge < -0.3 is 10.2 Å². The van der Waals surface area contributed by atoms with Crippen LogP contribution in [0.25, 0.3) is 0 Å². The van der Waals surface area contributed by atoms with Crippen molar-refractivity contribution in [3.63, 3.8) is 0 Å². The van der Waals surface area contributed by atoms with Gasteiger partial charge in [0.05, 0.1) is 6.42 Å². The van der Waals surface area contributed by atoms with E-state index < -0.39 is 17.7 Å². The zero-order chi connectivity index (χ0) is 22.1. The number of benzene rings is 2. The molecule has 1 atom stereocenters. The Morgan fingerprint density at radius 1 is 1.07 bits per heavy atom. The Morgan fingerprint density at radius 2 is 1.77 bits per heavy atom. The monoisotopic (exact) mass is 448 g/mol. The molecule has 2 aromatic carbocycles. The lowest BCUT2D eigenvalue weighted by molar-refractivity contribution is -0.146. The summed E-state index contributed by atoms with van der Waals surface area (Å²) in [4.78, 5) is 39.8. The average Bonchev–Trinajstić information content (AvgIpc) is 2.70. The number of nitrogens with zero attached hydrogens (tertiary/aromatic N) is 1. The number of carbonyl (C=O) groups is 3. The number of unbranched alkanes of at least 4 members (excludes halogenated alkanes) is 1. The van der Waals surface area contributed by atoms with Gasteiger partial charge in [0, 0.05) is 23.1 Å². The quantitative estimate of drug-likeness (QED) is 0.431. The predicted octanol–water partition coefficient (Wildman–Crippen LogP) is 4.44. The summed E-state index contributed by atoms with van der Waals surface area (Å²) in [5.41, 5.74) is 1.40. The molecule has 1 N–H and O–H groups in total. The van der Waals surface area contributed by atoms with Gasteiger partial charge in [0.25, 0.3) is 5.91 Å². The maximum absolute atomic E-state index is 13.2. The molecule has 0 saturated carbocycles. The van der Waals surface area contributed by atoms with Gasteiger partial charge in [0.2, 0.25) is 5.91 Å². The molecule has 160 valence electrons. The Kier molecular flexibility index (Phi) is 9.34. The van der Waals surface area contributed by atoms with Crippen LogP contribution in [0.2, 0.25) is 10.0 Å². The first-order valence-electron chi connectivity index (χ1n) is 9.89. The first-order chi connectivity index (χ1) is 14.3. The summed E-state index contributed by atoms with van der Waals surface area (Å²) in [6.07, 6.45) is 1.66. The lowest BCUT2D eigenvalue weighted by Crippen LogP contribution is -2.53. The Hall–Kier alpha value is -2.37. The summed E-state index contributed by atoms with van der Waals surface area (Å²) in [6, 6.07) is 12.9. The van der Waals surface area contributed by atoms with Crippen LogP contribution in [0, 0.1) is 0 Å². The molecular weight excluding hydrogens is 423 g/mol. The van der Waals surface area contributed by atoms with Crippen molar-refractivity contribution in [1.29, 1.82) is 0 Å². The smallest absolute Gasteiger partial charge is 0.250 e. The number of rotatable bonds is 10. The molecule has 7 heteroatoms. The van der Waals surface area contributed by atoms with Crippen molar-refractivity contribution in [1.82, 2.24) is 10.2 Å². The number of hydrogen-bond donors (Lipinski definition) is 1. The highest BCUT2D eigenvalue weighted by atomic mass is 35.5. The minimum Gasteiger partial charge on any atom is -0.354 e. The second-order valence-corrected chi connectivity index (χ2v) is 7.92. The van der Waals surface area contributed by atoms with Gasteiger partial charge in [-0.25, -0.2) is 0 Å². The van der Waals surface area contributed by atoms with Gasteiger partial charge in [-0.15, -0.1) is 0 Å². The number of nitrogens with one attached hydrogen (secondary N) is 1. The van der Waals surface area contributed by atoms with Gasteiger partial charge >= 0.3 is 0 Å². The fourth-order valence-electron chi connectivity index (χ4n) is 3.06. The molecule has 0 saturated heterocycles. The number of Topliss-reactive ketones (excluding diaryl/α,β-unsaturated/α-hetero) is 1. The van der Waals surface area contributed by atoms with E-state index in [1.54, 1.807) is 18.2 Å². The van der Waals surface area contributed by atoms with E-state index in [-0.39, 0.29) is 18.9 Å². The Balaban J connectivity index is 2.32. The summed E-state index contributed by atoms with van der Waals surface area (Å²) in [6.45, 7) is 3.92.